The first-order valence-electron chi connectivity index (χ1n) is 7.29. The third-order valence-corrected chi connectivity index (χ3v) is 3.59. The van der Waals surface area contributed by atoms with Gasteiger partial charge in [-0.05, 0) is 17.7 Å². The predicted molar refractivity (Wildman–Crippen MR) is 85.4 cm³/mol. The van der Waals surface area contributed by atoms with Crippen LogP contribution in [0.4, 0.5) is 5.69 Å². The maximum Gasteiger partial charge on any atom is 0.269 e. The van der Waals surface area contributed by atoms with E-state index < -0.39 is 11.0 Å². The molecule has 0 amide bonds. The molecule has 0 aliphatic heterocycles. The van der Waals surface area contributed by atoms with Crippen molar-refractivity contribution >= 4 is 5.69 Å². The number of nitrogens with zero attached hydrogens (tertiary/aromatic N) is 2. The van der Waals surface area contributed by atoms with Gasteiger partial charge in [0.2, 0.25) is 0 Å². The van der Waals surface area contributed by atoms with Crippen molar-refractivity contribution in [3.8, 4) is 0 Å². The Morgan fingerprint density at radius 3 is 2.55 bits per heavy atom. The molecule has 5 nitrogen and oxygen atoms in total. The Morgan fingerprint density at radius 1 is 1.18 bits per heavy atom. The minimum Gasteiger partial charge on any atom is -0.387 e. The van der Waals surface area contributed by atoms with E-state index in [2.05, 4.69) is 4.90 Å². The molecule has 1 N–H and O–H groups in total. The molecule has 0 aromatic heterocycles. The van der Waals surface area contributed by atoms with Crippen LogP contribution in [-0.4, -0.2) is 28.0 Å². The highest BCUT2D eigenvalue weighted by Gasteiger charge is 2.14. The highest BCUT2D eigenvalue weighted by molar-refractivity contribution is 5.34. The Labute approximate surface area is 130 Å². The second kappa shape index (κ2) is 7.68. The van der Waals surface area contributed by atoms with Gasteiger partial charge in [0.15, 0.2) is 0 Å². The van der Waals surface area contributed by atoms with E-state index in [1.165, 1.54) is 6.07 Å². The number of nitro groups is 1. The van der Waals surface area contributed by atoms with Crippen molar-refractivity contribution in [2.24, 2.45) is 0 Å². The van der Waals surface area contributed by atoms with Crippen LogP contribution in [0, 0.1) is 10.1 Å². The number of rotatable bonds is 7. The summed E-state index contributed by atoms with van der Waals surface area (Å²) in [5.41, 5.74) is 1.84. The van der Waals surface area contributed by atoms with Crippen LogP contribution in [0.15, 0.2) is 54.6 Å². The third kappa shape index (κ3) is 4.38. The molecule has 0 radical (unpaired) electrons. The minimum absolute atomic E-state index is 0.0946. The topological polar surface area (TPSA) is 66.6 Å². The summed E-state index contributed by atoms with van der Waals surface area (Å²) in [6.07, 6.45) is -0.570. The van der Waals surface area contributed by atoms with E-state index in [-0.39, 0.29) is 5.69 Å². The van der Waals surface area contributed by atoms with Crippen LogP contribution in [-0.2, 0) is 6.54 Å². The van der Waals surface area contributed by atoms with Gasteiger partial charge < -0.3 is 5.11 Å². The Hall–Kier alpha value is -2.24. The number of hydrogen-bond donors (Lipinski definition) is 1. The molecule has 2 rings (SSSR count). The molecule has 0 fully saturated rings. The van der Waals surface area contributed by atoms with Crippen molar-refractivity contribution in [3.63, 3.8) is 0 Å². The molecule has 1 atom stereocenters. The molecule has 22 heavy (non-hydrogen) atoms. The van der Waals surface area contributed by atoms with Gasteiger partial charge in [-0.25, -0.2) is 0 Å². The normalized spacial score (nSPS) is 12.3. The molecular weight excluding hydrogens is 280 g/mol. The number of aliphatic hydroxyl groups is 1. The first-order chi connectivity index (χ1) is 10.6. The standard InChI is InChI=1S/C17H20N2O3/c1-2-18(13-17(20)15-8-4-3-5-9-15)12-14-7-6-10-16(11-14)19(21)22/h3-11,17,20H,2,12-13H2,1H3/t17-/m1/s1. The van der Waals surface area contributed by atoms with Gasteiger partial charge in [0.05, 0.1) is 11.0 Å². The number of nitro benzene ring substituents is 1. The van der Waals surface area contributed by atoms with E-state index in [9.17, 15) is 15.2 Å². The van der Waals surface area contributed by atoms with Gasteiger partial charge in [0.25, 0.3) is 5.69 Å². The molecule has 116 valence electrons. The lowest BCUT2D eigenvalue weighted by atomic mass is 10.1. The zero-order valence-electron chi connectivity index (χ0n) is 12.6. The van der Waals surface area contributed by atoms with Gasteiger partial charge in [0, 0.05) is 25.2 Å². The van der Waals surface area contributed by atoms with Gasteiger partial charge in [-0.3, -0.25) is 15.0 Å². The summed E-state index contributed by atoms with van der Waals surface area (Å²) in [5.74, 6) is 0. The average molecular weight is 300 g/mol. The van der Waals surface area contributed by atoms with Crippen molar-refractivity contribution < 1.29 is 10.0 Å². The maximum absolute atomic E-state index is 10.8. The summed E-state index contributed by atoms with van der Waals surface area (Å²) in [7, 11) is 0. The van der Waals surface area contributed by atoms with E-state index in [0.29, 0.717) is 13.1 Å². The van der Waals surface area contributed by atoms with Crippen molar-refractivity contribution in [2.75, 3.05) is 13.1 Å². The number of hydrogen-bond acceptors (Lipinski definition) is 4. The first kappa shape index (κ1) is 16.1. The average Bonchev–Trinajstić information content (AvgIpc) is 2.55. The second-order valence-electron chi connectivity index (χ2n) is 5.18. The summed E-state index contributed by atoms with van der Waals surface area (Å²) >= 11 is 0. The Balaban J connectivity index is 2.03. The Morgan fingerprint density at radius 2 is 1.91 bits per heavy atom. The lowest BCUT2D eigenvalue weighted by Gasteiger charge is -2.23. The van der Waals surface area contributed by atoms with Gasteiger partial charge in [-0.15, -0.1) is 0 Å². The minimum atomic E-state index is -0.570. The monoisotopic (exact) mass is 300 g/mol. The summed E-state index contributed by atoms with van der Waals surface area (Å²) in [6.45, 7) is 3.83. The van der Waals surface area contributed by atoms with Crippen LogP contribution in [0.2, 0.25) is 0 Å². The molecule has 5 heteroatoms. The Bertz CT molecular complexity index is 616. The van der Waals surface area contributed by atoms with Crippen LogP contribution in [0.3, 0.4) is 0 Å². The molecular formula is C17H20N2O3. The summed E-state index contributed by atoms with van der Waals surface area (Å²) in [6, 6.07) is 16.1. The van der Waals surface area contributed by atoms with E-state index in [4.69, 9.17) is 0 Å². The summed E-state index contributed by atoms with van der Waals surface area (Å²) < 4.78 is 0. The summed E-state index contributed by atoms with van der Waals surface area (Å²) in [4.78, 5) is 12.5. The lowest BCUT2D eigenvalue weighted by Crippen LogP contribution is -2.28. The summed E-state index contributed by atoms with van der Waals surface area (Å²) in [5, 5.41) is 21.1. The molecule has 0 aliphatic carbocycles. The molecule has 2 aromatic rings. The number of benzene rings is 2. The van der Waals surface area contributed by atoms with Crippen LogP contribution in [0.5, 0.6) is 0 Å². The Kier molecular flexibility index (Phi) is 5.63. The fourth-order valence-electron chi connectivity index (χ4n) is 2.36. The van der Waals surface area contributed by atoms with E-state index >= 15 is 0 Å². The number of non-ortho nitro benzene ring substituents is 1. The zero-order valence-corrected chi connectivity index (χ0v) is 12.6. The van der Waals surface area contributed by atoms with Crippen LogP contribution >= 0.6 is 0 Å². The fraction of sp³-hybridized carbons (Fsp3) is 0.294. The molecule has 0 heterocycles. The predicted octanol–water partition coefficient (Wildman–Crippen LogP) is 3.15. The zero-order chi connectivity index (χ0) is 15.9. The smallest absolute Gasteiger partial charge is 0.269 e. The number of aliphatic hydroxyl groups excluding tert-OH is 1. The molecule has 0 aliphatic rings. The highest BCUT2D eigenvalue weighted by Crippen LogP contribution is 2.18. The molecule has 0 unspecified atom stereocenters. The van der Waals surface area contributed by atoms with Crippen LogP contribution in [0.25, 0.3) is 0 Å². The van der Waals surface area contributed by atoms with Gasteiger partial charge in [0.1, 0.15) is 0 Å². The maximum atomic E-state index is 10.8. The van der Waals surface area contributed by atoms with E-state index in [1.807, 2.05) is 43.3 Å². The second-order valence-corrected chi connectivity index (χ2v) is 5.18. The molecule has 0 saturated heterocycles. The highest BCUT2D eigenvalue weighted by atomic mass is 16.6. The molecule has 0 saturated carbocycles. The third-order valence-electron chi connectivity index (χ3n) is 3.59. The largest absolute Gasteiger partial charge is 0.387 e. The first-order valence-corrected chi connectivity index (χ1v) is 7.29. The van der Waals surface area contributed by atoms with Crippen LogP contribution in [0.1, 0.15) is 24.2 Å². The molecule has 0 bridgehead atoms. The lowest BCUT2D eigenvalue weighted by molar-refractivity contribution is -0.384. The quantitative estimate of drug-likeness (QED) is 0.630. The number of likely N-dealkylation sites (N-methyl/N-ethyl adjacent to an activating group) is 1. The van der Waals surface area contributed by atoms with Crippen LogP contribution < -0.4 is 0 Å². The van der Waals surface area contributed by atoms with Gasteiger partial charge in [-0.2, -0.15) is 0 Å². The van der Waals surface area contributed by atoms with Crippen molar-refractivity contribution in [1.82, 2.24) is 4.90 Å². The van der Waals surface area contributed by atoms with Crippen molar-refractivity contribution in [2.45, 2.75) is 19.6 Å². The van der Waals surface area contributed by atoms with Gasteiger partial charge in [-0.1, -0.05) is 49.4 Å². The van der Waals surface area contributed by atoms with Crippen molar-refractivity contribution in [1.29, 1.82) is 0 Å². The van der Waals surface area contributed by atoms with E-state index in [0.717, 1.165) is 17.7 Å². The van der Waals surface area contributed by atoms with E-state index in [1.54, 1.807) is 12.1 Å². The SMILES string of the molecule is CCN(Cc1cccc([N+](=O)[O-])c1)C[C@@H](O)c1ccccc1. The van der Waals surface area contributed by atoms with Crippen molar-refractivity contribution in [3.05, 3.63) is 75.8 Å². The van der Waals surface area contributed by atoms with Gasteiger partial charge >= 0.3 is 0 Å². The fourth-order valence-corrected chi connectivity index (χ4v) is 2.36. The molecule has 2 aromatic carbocycles. The molecule has 0 spiro atoms.